The summed E-state index contributed by atoms with van der Waals surface area (Å²) >= 11 is 0. The van der Waals surface area contributed by atoms with Gasteiger partial charge in [0.15, 0.2) is 5.76 Å². The summed E-state index contributed by atoms with van der Waals surface area (Å²) in [4.78, 5) is 25.7. The topological polar surface area (TPSA) is 74.6 Å². The van der Waals surface area contributed by atoms with Crippen molar-refractivity contribution < 1.29 is 14.0 Å². The Morgan fingerprint density at radius 3 is 3.00 bits per heavy atom. The summed E-state index contributed by atoms with van der Waals surface area (Å²) in [6, 6.07) is 4.24. The number of hydrogen-bond acceptors (Lipinski definition) is 5. The zero-order valence-electron chi connectivity index (χ0n) is 11.3. The van der Waals surface area contributed by atoms with E-state index >= 15 is 0 Å². The molecule has 2 aliphatic heterocycles. The molecule has 108 valence electrons. The number of furan rings is 1. The van der Waals surface area contributed by atoms with E-state index in [-0.39, 0.29) is 18.2 Å². The highest BCUT2D eigenvalue weighted by molar-refractivity contribution is 6.03. The van der Waals surface area contributed by atoms with Crippen LogP contribution in [0.15, 0.2) is 22.8 Å². The number of fused-ring (bicyclic) bond motifs is 2. The fourth-order valence-electron chi connectivity index (χ4n) is 3.00. The lowest BCUT2D eigenvalue weighted by atomic mass is 10.1. The number of amides is 2. The number of carbonyl (C=O) groups excluding carboxylic acids is 2. The number of imide groups is 1. The van der Waals surface area contributed by atoms with Gasteiger partial charge in [-0.25, -0.2) is 0 Å². The van der Waals surface area contributed by atoms with E-state index in [0.29, 0.717) is 12.1 Å². The van der Waals surface area contributed by atoms with Crippen LogP contribution in [0.2, 0.25) is 0 Å². The van der Waals surface area contributed by atoms with Gasteiger partial charge in [-0.3, -0.25) is 19.8 Å². The van der Waals surface area contributed by atoms with E-state index < -0.39 is 5.91 Å². The molecule has 20 heavy (non-hydrogen) atoms. The van der Waals surface area contributed by atoms with Crippen LogP contribution in [0.4, 0.5) is 0 Å². The molecule has 2 N–H and O–H groups in total. The van der Waals surface area contributed by atoms with Gasteiger partial charge in [0, 0.05) is 25.2 Å². The van der Waals surface area contributed by atoms with E-state index in [2.05, 4.69) is 15.5 Å². The first-order chi connectivity index (χ1) is 9.70. The molecule has 2 amide bonds. The highest BCUT2D eigenvalue weighted by Gasteiger charge is 2.30. The summed E-state index contributed by atoms with van der Waals surface area (Å²) in [6.45, 7) is 2.03. The molecule has 0 radical (unpaired) electrons. The van der Waals surface area contributed by atoms with Gasteiger partial charge in [0.25, 0.3) is 5.91 Å². The van der Waals surface area contributed by atoms with E-state index in [1.165, 1.54) is 25.2 Å². The van der Waals surface area contributed by atoms with Gasteiger partial charge >= 0.3 is 0 Å². The quantitative estimate of drug-likeness (QED) is 0.834. The molecule has 2 fully saturated rings. The van der Waals surface area contributed by atoms with Crippen LogP contribution in [-0.2, 0) is 4.79 Å². The van der Waals surface area contributed by atoms with Crippen molar-refractivity contribution >= 4 is 11.8 Å². The first kappa shape index (κ1) is 13.3. The highest BCUT2D eigenvalue weighted by atomic mass is 16.3. The van der Waals surface area contributed by atoms with Crippen molar-refractivity contribution in [2.24, 2.45) is 0 Å². The predicted molar refractivity (Wildman–Crippen MR) is 72.2 cm³/mol. The molecule has 6 nitrogen and oxygen atoms in total. The van der Waals surface area contributed by atoms with Gasteiger partial charge in [-0.15, -0.1) is 0 Å². The SMILES string of the molecule is O=C(CN1CCC2CCC(C1)N2)NC(=O)c1ccco1. The van der Waals surface area contributed by atoms with Crippen molar-refractivity contribution in [1.29, 1.82) is 0 Å². The summed E-state index contributed by atoms with van der Waals surface area (Å²) in [5, 5.41) is 5.92. The smallest absolute Gasteiger partial charge is 0.293 e. The number of hydrogen-bond donors (Lipinski definition) is 2. The Morgan fingerprint density at radius 2 is 2.20 bits per heavy atom. The Kier molecular flexibility index (Phi) is 3.84. The predicted octanol–water partition coefficient (Wildman–Crippen LogP) is 0.362. The first-order valence-corrected chi connectivity index (χ1v) is 7.07. The Morgan fingerprint density at radius 1 is 1.35 bits per heavy atom. The Bertz CT molecular complexity index is 486. The Balaban J connectivity index is 1.50. The molecule has 3 heterocycles. The van der Waals surface area contributed by atoms with Crippen LogP contribution in [0.1, 0.15) is 29.8 Å². The molecule has 2 bridgehead atoms. The van der Waals surface area contributed by atoms with E-state index in [9.17, 15) is 9.59 Å². The molecule has 6 heteroatoms. The van der Waals surface area contributed by atoms with Crippen LogP contribution in [0.5, 0.6) is 0 Å². The fraction of sp³-hybridized carbons (Fsp3) is 0.571. The summed E-state index contributed by atoms with van der Waals surface area (Å²) in [5.41, 5.74) is 0. The van der Waals surface area contributed by atoms with Crippen LogP contribution in [-0.4, -0.2) is 48.4 Å². The molecule has 2 saturated heterocycles. The molecule has 3 rings (SSSR count). The summed E-state index contributed by atoms with van der Waals surface area (Å²) in [7, 11) is 0. The monoisotopic (exact) mass is 277 g/mol. The number of nitrogens with zero attached hydrogens (tertiary/aromatic N) is 1. The second-order valence-corrected chi connectivity index (χ2v) is 5.52. The number of likely N-dealkylation sites (tertiary alicyclic amines) is 1. The molecule has 0 spiro atoms. The Labute approximate surface area is 117 Å². The molecule has 2 unspecified atom stereocenters. The largest absolute Gasteiger partial charge is 0.459 e. The molecule has 0 aromatic carbocycles. The van der Waals surface area contributed by atoms with Crippen LogP contribution in [0, 0.1) is 0 Å². The third-order valence-electron chi connectivity index (χ3n) is 3.97. The second kappa shape index (κ2) is 5.76. The van der Waals surface area contributed by atoms with Crippen molar-refractivity contribution in [2.75, 3.05) is 19.6 Å². The number of nitrogens with one attached hydrogen (secondary N) is 2. The average Bonchev–Trinajstić information content (AvgIpc) is 3.02. The van der Waals surface area contributed by atoms with Crippen molar-refractivity contribution in [3.05, 3.63) is 24.2 Å². The van der Waals surface area contributed by atoms with Gasteiger partial charge < -0.3 is 9.73 Å². The van der Waals surface area contributed by atoms with Crippen LogP contribution in [0.25, 0.3) is 0 Å². The van der Waals surface area contributed by atoms with Gasteiger partial charge in [-0.2, -0.15) is 0 Å². The zero-order valence-corrected chi connectivity index (χ0v) is 11.3. The summed E-state index contributed by atoms with van der Waals surface area (Å²) < 4.78 is 4.96. The lowest BCUT2D eigenvalue weighted by molar-refractivity contribution is -0.121. The molecule has 2 aliphatic rings. The van der Waals surface area contributed by atoms with Gasteiger partial charge in [-0.1, -0.05) is 0 Å². The van der Waals surface area contributed by atoms with Gasteiger partial charge in [0.1, 0.15) is 0 Å². The minimum atomic E-state index is -0.477. The third kappa shape index (κ3) is 3.08. The minimum Gasteiger partial charge on any atom is -0.459 e. The molecular formula is C14H19N3O3. The van der Waals surface area contributed by atoms with Crippen molar-refractivity contribution in [1.82, 2.24) is 15.5 Å². The molecule has 1 aromatic heterocycles. The molecule has 0 saturated carbocycles. The van der Waals surface area contributed by atoms with Crippen LogP contribution >= 0.6 is 0 Å². The zero-order chi connectivity index (χ0) is 13.9. The first-order valence-electron chi connectivity index (χ1n) is 7.07. The lowest BCUT2D eigenvalue weighted by Crippen LogP contribution is -2.43. The molecule has 2 atom stereocenters. The molecular weight excluding hydrogens is 258 g/mol. The van der Waals surface area contributed by atoms with Crippen LogP contribution in [0.3, 0.4) is 0 Å². The van der Waals surface area contributed by atoms with E-state index in [1.807, 2.05) is 0 Å². The normalized spacial score (nSPS) is 26.2. The number of carbonyl (C=O) groups is 2. The maximum atomic E-state index is 11.9. The molecule has 1 aromatic rings. The van der Waals surface area contributed by atoms with E-state index in [1.54, 1.807) is 6.07 Å². The van der Waals surface area contributed by atoms with E-state index in [0.717, 1.165) is 19.5 Å². The van der Waals surface area contributed by atoms with E-state index in [4.69, 9.17) is 4.42 Å². The van der Waals surface area contributed by atoms with Gasteiger partial charge in [-0.05, 0) is 31.4 Å². The second-order valence-electron chi connectivity index (χ2n) is 5.52. The van der Waals surface area contributed by atoms with Crippen molar-refractivity contribution in [2.45, 2.75) is 31.3 Å². The maximum Gasteiger partial charge on any atom is 0.293 e. The van der Waals surface area contributed by atoms with Crippen molar-refractivity contribution in [3.8, 4) is 0 Å². The minimum absolute atomic E-state index is 0.162. The summed E-state index contributed by atoms with van der Waals surface area (Å²) in [5.74, 6) is -0.589. The number of rotatable bonds is 3. The third-order valence-corrected chi connectivity index (χ3v) is 3.97. The Hall–Kier alpha value is -1.66. The van der Waals surface area contributed by atoms with Crippen LogP contribution < -0.4 is 10.6 Å². The fourth-order valence-corrected chi connectivity index (χ4v) is 3.00. The van der Waals surface area contributed by atoms with Gasteiger partial charge in [0.05, 0.1) is 12.8 Å². The highest BCUT2D eigenvalue weighted by Crippen LogP contribution is 2.20. The van der Waals surface area contributed by atoms with Gasteiger partial charge in [0.2, 0.25) is 5.91 Å². The standard InChI is InChI=1S/C14H19N3O3/c18-13(16-14(19)12-2-1-7-20-12)9-17-6-5-10-3-4-11(8-17)15-10/h1-2,7,10-11,15H,3-6,8-9H2,(H,16,18,19). The molecule has 0 aliphatic carbocycles. The maximum absolute atomic E-state index is 11.9. The van der Waals surface area contributed by atoms with Crippen molar-refractivity contribution in [3.63, 3.8) is 0 Å². The average molecular weight is 277 g/mol. The summed E-state index contributed by atoms with van der Waals surface area (Å²) in [6.07, 6.45) is 4.89. The lowest BCUT2D eigenvalue weighted by Gasteiger charge is -2.22.